The van der Waals surface area contributed by atoms with Gasteiger partial charge in [0.15, 0.2) is 0 Å². The second kappa shape index (κ2) is 4.89. The molecule has 2 nitrogen and oxygen atoms in total. The van der Waals surface area contributed by atoms with E-state index in [4.69, 9.17) is 4.74 Å². The molecule has 1 N–H and O–H groups in total. The number of nitrogens with one attached hydrogen (secondary N) is 1. The molecule has 2 aliphatic rings. The number of hydrogen-bond acceptors (Lipinski definition) is 2. The minimum absolute atomic E-state index is 0.262. The Balaban J connectivity index is 1.78. The first kappa shape index (κ1) is 13.4. The van der Waals surface area contributed by atoms with Crippen LogP contribution < -0.4 is 5.32 Å². The first-order valence-corrected chi connectivity index (χ1v) is 7.32. The molecule has 0 bridgehead atoms. The Bertz CT molecular complexity index is 256. The van der Waals surface area contributed by atoms with Crippen LogP contribution in [0.5, 0.6) is 0 Å². The number of ether oxygens (including phenoxy) is 1. The maximum Gasteiger partial charge on any atom is 0.0580 e. The summed E-state index contributed by atoms with van der Waals surface area (Å²) in [6.45, 7) is 11.2. The average Bonchev–Trinajstić information content (AvgIpc) is 2.88. The van der Waals surface area contributed by atoms with Crippen LogP contribution in [-0.2, 0) is 4.74 Å². The van der Waals surface area contributed by atoms with E-state index in [1.54, 1.807) is 0 Å². The predicted octanol–water partition coefficient (Wildman–Crippen LogP) is 3.36. The van der Waals surface area contributed by atoms with Crippen LogP contribution in [0.3, 0.4) is 0 Å². The van der Waals surface area contributed by atoms with Crippen molar-refractivity contribution in [2.24, 2.45) is 11.3 Å². The summed E-state index contributed by atoms with van der Waals surface area (Å²) < 4.78 is 5.87. The molecule has 2 fully saturated rings. The van der Waals surface area contributed by atoms with Gasteiger partial charge < -0.3 is 10.1 Å². The molecule has 1 saturated carbocycles. The minimum Gasteiger partial charge on any atom is -0.378 e. The quantitative estimate of drug-likeness (QED) is 0.812. The molecule has 2 rings (SSSR count). The largest absolute Gasteiger partial charge is 0.378 e. The van der Waals surface area contributed by atoms with Gasteiger partial charge in [-0.25, -0.2) is 0 Å². The van der Waals surface area contributed by atoms with Crippen molar-refractivity contribution in [2.45, 2.75) is 71.4 Å². The molecule has 1 aliphatic carbocycles. The Kier molecular flexibility index (Phi) is 3.84. The number of hydrogen-bond donors (Lipinski definition) is 1. The summed E-state index contributed by atoms with van der Waals surface area (Å²) in [5, 5.41) is 3.66. The van der Waals surface area contributed by atoms with Crippen molar-refractivity contribution in [3.8, 4) is 0 Å². The van der Waals surface area contributed by atoms with Crippen LogP contribution >= 0.6 is 0 Å². The molecule has 1 saturated heterocycles. The van der Waals surface area contributed by atoms with Gasteiger partial charge in [0.05, 0.1) is 6.10 Å². The van der Waals surface area contributed by atoms with E-state index in [9.17, 15) is 0 Å². The maximum absolute atomic E-state index is 5.87. The standard InChI is InChI=1S/C15H29NO/c1-5-6-13-10-15(7-8-17-13)9-12(15)11-16-14(2,3)4/h12-13,16H,5-11H2,1-4H3. The Morgan fingerprint density at radius 2 is 2.06 bits per heavy atom. The van der Waals surface area contributed by atoms with Crippen LogP contribution in [0, 0.1) is 11.3 Å². The summed E-state index contributed by atoms with van der Waals surface area (Å²) in [5.41, 5.74) is 0.911. The van der Waals surface area contributed by atoms with E-state index in [0.29, 0.717) is 11.5 Å². The molecular formula is C15H29NO. The van der Waals surface area contributed by atoms with Gasteiger partial charge in [0.2, 0.25) is 0 Å². The molecule has 100 valence electrons. The highest BCUT2D eigenvalue weighted by Crippen LogP contribution is 2.60. The smallest absolute Gasteiger partial charge is 0.0580 e. The van der Waals surface area contributed by atoms with Crippen molar-refractivity contribution in [2.75, 3.05) is 13.2 Å². The Labute approximate surface area is 107 Å². The lowest BCUT2D eigenvalue weighted by atomic mass is 9.88. The molecule has 1 aliphatic heterocycles. The summed E-state index contributed by atoms with van der Waals surface area (Å²) in [4.78, 5) is 0. The van der Waals surface area contributed by atoms with Crippen LogP contribution in [0.25, 0.3) is 0 Å². The van der Waals surface area contributed by atoms with Crippen molar-refractivity contribution in [3.63, 3.8) is 0 Å². The molecule has 17 heavy (non-hydrogen) atoms. The molecule has 0 aromatic carbocycles. The fourth-order valence-corrected chi connectivity index (χ4v) is 3.26. The van der Waals surface area contributed by atoms with Gasteiger partial charge in [-0.1, -0.05) is 13.3 Å². The van der Waals surface area contributed by atoms with Crippen molar-refractivity contribution in [1.29, 1.82) is 0 Å². The summed E-state index contributed by atoms with van der Waals surface area (Å²) in [6, 6.07) is 0. The van der Waals surface area contributed by atoms with Crippen molar-refractivity contribution >= 4 is 0 Å². The SMILES string of the molecule is CCCC1CC2(CCO1)CC2CNC(C)(C)C. The monoisotopic (exact) mass is 239 g/mol. The lowest BCUT2D eigenvalue weighted by Gasteiger charge is -2.31. The van der Waals surface area contributed by atoms with Gasteiger partial charge in [-0.3, -0.25) is 0 Å². The summed E-state index contributed by atoms with van der Waals surface area (Å²) in [7, 11) is 0. The van der Waals surface area contributed by atoms with E-state index >= 15 is 0 Å². The van der Waals surface area contributed by atoms with Crippen LogP contribution in [0.1, 0.15) is 59.8 Å². The third kappa shape index (κ3) is 3.45. The topological polar surface area (TPSA) is 21.3 Å². The number of rotatable bonds is 4. The van der Waals surface area contributed by atoms with Gasteiger partial charge in [-0.15, -0.1) is 0 Å². The second-order valence-corrected chi connectivity index (χ2v) is 7.13. The van der Waals surface area contributed by atoms with E-state index in [-0.39, 0.29) is 5.54 Å². The highest BCUT2D eigenvalue weighted by molar-refractivity contribution is 5.06. The zero-order valence-corrected chi connectivity index (χ0v) is 12.0. The fraction of sp³-hybridized carbons (Fsp3) is 1.00. The van der Waals surface area contributed by atoms with Gasteiger partial charge in [-0.2, -0.15) is 0 Å². The zero-order chi connectivity index (χ0) is 12.5. The van der Waals surface area contributed by atoms with E-state index < -0.39 is 0 Å². The summed E-state index contributed by atoms with van der Waals surface area (Å²) in [5.74, 6) is 0.907. The van der Waals surface area contributed by atoms with Crippen LogP contribution in [0.2, 0.25) is 0 Å². The Morgan fingerprint density at radius 1 is 1.29 bits per heavy atom. The first-order chi connectivity index (χ1) is 7.95. The molecule has 0 aromatic rings. The Morgan fingerprint density at radius 3 is 2.71 bits per heavy atom. The fourth-order valence-electron chi connectivity index (χ4n) is 3.26. The predicted molar refractivity (Wildman–Crippen MR) is 72.2 cm³/mol. The lowest BCUT2D eigenvalue weighted by molar-refractivity contribution is -0.0248. The van der Waals surface area contributed by atoms with Gasteiger partial charge in [0.1, 0.15) is 0 Å². The van der Waals surface area contributed by atoms with E-state index in [1.807, 2.05) is 0 Å². The molecule has 3 unspecified atom stereocenters. The zero-order valence-electron chi connectivity index (χ0n) is 12.0. The van der Waals surface area contributed by atoms with E-state index in [2.05, 4.69) is 33.0 Å². The highest BCUT2D eigenvalue weighted by Gasteiger charge is 2.55. The third-order valence-electron chi connectivity index (χ3n) is 4.44. The van der Waals surface area contributed by atoms with Crippen LogP contribution in [-0.4, -0.2) is 24.8 Å². The lowest BCUT2D eigenvalue weighted by Crippen LogP contribution is -2.38. The van der Waals surface area contributed by atoms with Crippen LogP contribution in [0.15, 0.2) is 0 Å². The maximum atomic E-state index is 5.87. The van der Waals surface area contributed by atoms with E-state index in [0.717, 1.165) is 12.5 Å². The Hall–Kier alpha value is -0.0800. The second-order valence-electron chi connectivity index (χ2n) is 7.13. The molecular weight excluding hydrogens is 210 g/mol. The van der Waals surface area contributed by atoms with Gasteiger partial charge in [0.25, 0.3) is 0 Å². The highest BCUT2D eigenvalue weighted by atomic mass is 16.5. The van der Waals surface area contributed by atoms with Crippen molar-refractivity contribution in [1.82, 2.24) is 5.32 Å². The molecule has 3 atom stereocenters. The molecule has 0 radical (unpaired) electrons. The van der Waals surface area contributed by atoms with Gasteiger partial charge in [0, 0.05) is 12.1 Å². The minimum atomic E-state index is 0.262. The molecule has 1 heterocycles. The normalized spacial score (nSPS) is 37.4. The summed E-state index contributed by atoms with van der Waals surface area (Å²) >= 11 is 0. The average molecular weight is 239 g/mol. The third-order valence-corrected chi connectivity index (χ3v) is 4.44. The summed E-state index contributed by atoms with van der Waals surface area (Å²) in [6.07, 6.45) is 7.10. The first-order valence-electron chi connectivity index (χ1n) is 7.32. The van der Waals surface area contributed by atoms with Crippen molar-refractivity contribution < 1.29 is 4.74 Å². The van der Waals surface area contributed by atoms with Crippen LogP contribution in [0.4, 0.5) is 0 Å². The van der Waals surface area contributed by atoms with E-state index in [1.165, 1.54) is 38.6 Å². The van der Waals surface area contributed by atoms with Gasteiger partial charge >= 0.3 is 0 Å². The molecule has 2 heteroatoms. The molecule has 1 spiro atoms. The molecule has 0 aromatic heterocycles. The van der Waals surface area contributed by atoms with Crippen molar-refractivity contribution in [3.05, 3.63) is 0 Å². The van der Waals surface area contributed by atoms with Gasteiger partial charge in [-0.05, 0) is 64.3 Å². The molecule has 0 amide bonds.